The van der Waals surface area contributed by atoms with Crippen molar-refractivity contribution in [3.8, 4) is 0 Å². The standard InChI is InChI=1S/C11H24N2/c1-10(9-12)5-3-7-13-8-4-6-11(13)2/h10-11H,3-9,12H2,1-2H3. The van der Waals surface area contributed by atoms with Crippen molar-refractivity contribution in [1.82, 2.24) is 4.90 Å². The molecule has 0 aromatic carbocycles. The fourth-order valence-corrected chi connectivity index (χ4v) is 2.09. The summed E-state index contributed by atoms with van der Waals surface area (Å²) in [6.45, 7) is 8.03. The summed E-state index contributed by atoms with van der Waals surface area (Å²) in [7, 11) is 0. The summed E-state index contributed by atoms with van der Waals surface area (Å²) in [5.74, 6) is 0.706. The van der Waals surface area contributed by atoms with Gasteiger partial charge in [0.25, 0.3) is 0 Å². The molecule has 13 heavy (non-hydrogen) atoms. The summed E-state index contributed by atoms with van der Waals surface area (Å²) >= 11 is 0. The predicted molar refractivity (Wildman–Crippen MR) is 57.7 cm³/mol. The van der Waals surface area contributed by atoms with Gasteiger partial charge in [-0.05, 0) is 58.2 Å². The maximum atomic E-state index is 5.58. The number of hydrogen-bond donors (Lipinski definition) is 1. The second-order valence-corrected chi connectivity index (χ2v) is 4.51. The van der Waals surface area contributed by atoms with Crippen molar-refractivity contribution in [2.24, 2.45) is 11.7 Å². The molecule has 0 spiro atoms. The topological polar surface area (TPSA) is 29.3 Å². The van der Waals surface area contributed by atoms with Gasteiger partial charge in [0, 0.05) is 6.04 Å². The minimum Gasteiger partial charge on any atom is -0.330 e. The molecular weight excluding hydrogens is 160 g/mol. The first-order valence-electron chi connectivity index (χ1n) is 5.68. The number of hydrogen-bond acceptors (Lipinski definition) is 2. The summed E-state index contributed by atoms with van der Waals surface area (Å²) in [5, 5.41) is 0. The fraction of sp³-hybridized carbons (Fsp3) is 1.00. The van der Waals surface area contributed by atoms with Crippen molar-refractivity contribution in [2.75, 3.05) is 19.6 Å². The molecule has 0 amide bonds. The molecule has 1 heterocycles. The van der Waals surface area contributed by atoms with E-state index in [1.165, 1.54) is 38.8 Å². The normalized spacial score (nSPS) is 26.5. The van der Waals surface area contributed by atoms with Crippen LogP contribution in [0.25, 0.3) is 0 Å². The Morgan fingerprint density at radius 2 is 2.31 bits per heavy atom. The van der Waals surface area contributed by atoms with E-state index in [0.717, 1.165) is 12.6 Å². The smallest absolute Gasteiger partial charge is 0.00674 e. The summed E-state index contributed by atoms with van der Waals surface area (Å²) in [4.78, 5) is 2.61. The summed E-state index contributed by atoms with van der Waals surface area (Å²) in [6, 6.07) is 0.827. The van der Waals surface area contributed by atoms with E-state index in [9.17, 15) is 0 Å². The highest BCUT2D eigenvalue weighted by atomic mass is 15.2. The number of nitrogens with zero attached hydrogens (tertiary/aromatic N) is 1. The van der Waals surface area contributed by atoms with Crippen LogP contribution in [0.4, 0.5) is 0 Å². The Kier molecular flexibility index (Phi) is 4.74. The molecule has 1 aliphatic heterocycles. The van der Waals surface area contributed by atoms with E-state index in [-0.39, 0.29) is 0 Å². The van der Waals surface area contributed by atoms with Crippen molar-refractivity contribution in [2.45, 2.75) is 45.6 Å². The van der Waals surface area contributed by atoms with E-state index in [1.54, 1.807) is 0 Å². The van der Waals surface area contributed by atoms with Gasteiger partial charge in [-0.3, -0.25) is 0 Å². The molecule has 1 fully saturated rings. The van der Waals surface area contributed by atoms with Crippen molar-refractivity contribution >= 4 is 0 Å². The molecule has 0 aromatic heterocycles. The Bertz CT molecular complexity index is 136. The average Bonchev–Trinajstić information content (AvgIpc) is 2.52. The zero-order chi connectivity index (χ0) is 9.68. The first kappa shape index (κ1) is 11.0. The highest BCUT2D eigenvalue weighted by Crippen LogP contribution is 2.17. The lowest BCUT2D eigenvalue weighted by Crippen LogP contribution is -2.28. The Morgan fingerprint density at radius 3 is 2.85 bits per heavy atom. The third-order valence-corrected chi connectivity index (χ3v) is 3.24. The monoisotopic (exact) mass is 184 g/mol. The Labute approximate surface area is 82.5 Å². The molecule has 0 radical (unpaired) electrons. The van der Waals surface area contributed by atoms with Crippen molar-refractivity contribution in [1.29, 1.82) is 0 Å². The molecule has 2 N–H and O–H groups in total. The Morgan fingerprint density at radius 1 is 1.54 bits per heavy atom. The van der Waals surface area contributed by atoms with Crippen LogP contribution in [0.3, 0.4) is 0 Å². The maximum Gasteiger partial charge on any atom is 0.00674 e. The van der Waals surface area contributed by atoms with E-state index < -0.39 is 0 Å². The van der Waals surface area contributed by atoms with Gasteiger partial charge in [0.2, 0.25) is 0 Å². The van der Waals surface area contributed by atoms with Gasteiger partial charge in [0.05, 0.1) is 0 Å². The van der Waals surface area contributed by atoms with Gasteiger partial charge in [-0.1, -0.05) is 6.92 Å². The lowest BCUT2D eigenvalue weighted by Gasteiger charge is -2.21. The summed E-state index contributed by atoms with van der Waals surface area (Å²) < 4.78 is 0. The molecule has 1 saturated heterocycles. The third kappa shape index (κ3) is 3.65. The van der Waals surface area contributed by atoms with E-state index in [0.29, 0.717) is 5.92 Å². The molecule has 2 atom stereocenters. The van der Waals surface area contributed by atoms with Crippen LogP contribution in [-0.4, -0.2) is 30.6 Å². The largest absolute Gasteiger partial charge is 0.330 e. The van der Waals surface area contributed by atoms with Crippen LogP contribution in [-0.2, 0) is 0 Å². The second kappa shape index (κ2) is 5.61. The highest BCUT2D eigenvalue weighted by molar-refractivity contribution is 4.74. The summed E-state index contributed by atoms with van der Waals surface area (Å²) in [6.07, 6.45) is 5.41. The molecule has 0 bridgehead atoms. The van der Waals surface area contributed by atoms with Gasteiger partial charge in [-0.15, -0.1) is 0 Å². The number of rotatable bonds is 5. The highest BCUT2D eigenvalue weighted by Gasteiger charge is 2.19. The van der Waals surface area contributed by atoms with Gasteiger partial charge < -0.3 is 10.6 Å². The minimum absolute atomic E-state index is 0.706. The van der Waals surface area contributed by atoms with Gasteiger partial charge in [-0.2, -0.15) is 0 Å². The van der Waals surface area contributed by atoms with E-state index in [4.69, 9.17) is 5.73 Å². The van der Waals surface area contributed by atoms with Gasteiger partial charge in [-0.25, -0.2) is 0 Å². The SMILES string of the molecule is CC(CN)CCCN1CCCC1C. The number of nitrogens with two attached hydrogens (primary N) is 1. The quantitative estimate of drug-likeness (QED) is 0.706. The molecule has 0 aliphatic carbocycles. The van der Waals surface area contributed by atoms with Gasteiger partial charge >= 0.3 is 0 Å². The summed E-state index contributed by atoms with van der Waals surface area (Å²) in [5.41, 5.74) is 5.58. The Balaban J connectivity index is 2.05. The third-order valence-electron chi connectivity index (χ3n) is 3.24. The molecule has 1 rings (SSSR count). The Hall–Kier alpha value is -0.0800. The average molecular weight is 184 g/mol. The van der Waals surface area contributed by atoms with Crippen LogP contribution < -0.4 is 5.73 Å². The van der Waals surface area contributed by atoms with Crippen LogP contribution >= 0.6 is 0 Å². The molecule has 2 heteroatoms. The molecular formula is C11H24N2. The molecule has 78 valence electrons. The van der Waals surface area contributed by atoms with Crippen LogP contribution in [0.5, 0.6) is 0 Å². The lowest BCUT2D eigenvalue weighted by molar-refractivity contribution is 0.257. The lowest BCUT2D eigenvalue weighted by atomic mass is 10.1. The van der Waals surface area contributed by atoms with Crippen molar-refractivity contribution in [3.05, 3.63) is 0 Å². The van der Waals surface area contributed by atoms with Crippen molar-refractivity contribution < 1.29 is 0 Å². The fourth-order valence-electron chi connectivity index (χ4n) is 2.09. The first-order valence-corrected chi connectivity index (χ1v) is 5.68. The van der Waals surface area contributed by atoms with Crippen LogP contribution in [0.2, 0.25) is 0 Å². The molecule has 0 saturated carbocycles. The van der Waals surface area contributed by atoms with Crippen LogP contribution in [0.15, 0.2) is 0 Å². The van der Waals surface area contributed by atoms with Gasteiger partial charge in [0.1, 0.15) is 0 Å². The second-order valence-electron chi connectivity index (χ2n) is 4.51. The zero-order valence-electron chi connectivity index (χ0n) is 9.13. The minimum atomic E-state index is 0.706. The van der Waals surface area contributed by atoms with Crippen molar-refractivity contribution in [3.63, 3.8) is 0 Å². The maximum absolute atomic E-state index is 5.58. The first-order chi connectivity index (χ1) is 6.24. The van der Waals surface area contributed by atoms with Crippen LogP contribution in [0, 0.1) is 5.92 Å². The molecule has 2 unspecified atom stereocenters. The van der Waals surface area contributed by atoms with E-state index in [1.807, 2.05) is 0 Å². The van der Waals surface area contributed by atoms with E-state index >= 15 is 0 Å². The van der Waals surface area contributed by atoms with Gasteiger partial charge in [0.15, 0.2) is 0 Å². The van der Waals surface area contributed by atoms with E-state index in [2.05, 4.69) is 18.7 Å². The molecule has 0 aromatic rings. The zero-order valence-corrected chi connectivity index (χ0v) is 9.13. The molecule has 1 aliphatic rings. The molecule has 2 nitrogen and oxygen atoms in total. The number of likely N-dealkylation sites (tertiary alicyclic amines) is 1. The predicted octanol–water partition coefficient (Wildman–Crippen LogP) is 1.85. The van der Waals surface area contributed by atoms with Crippen LogP contribution in [0.1, 0.15) is 39.5 Å².